The molecule has 0 aliphatic carbocycles. The Balaban J connectivity index is 1.57. The number of rotatable bonds is 7. The second-order valence-corrected chi connectivity index (χ2v) is 6.60. The van der Waals surface area contributed by atoms with Crippen molar-refractivity contribution in [3.8, 4) is 5.75 Å². The number of anilines is 2. The molecule has 2 N–H and O–H groups in total. The summed E-state index contributed by atoms with van der Waals surface area (Å²) in [5.41, 5.74) is 3.07. The zero-order chi connectivity index (χ0) is 20.6. The molecule has 0 bridgehead atoms. The van der Waals surface area contributed by atoms with Crippen LogP contribution in [0.3, 0.4) is 0 Å². The molecule has 0 atom stereocenters. The van der Waals surface area contributed by atoms with Crippen LogP contribution in [0.25, 0.3) is 0 Å². The van der Waals surface area contributed by atoms with Crippen molar-refractivity contribution < 1.29 is 14.3 Å². The van der Waals surface area contributed by atoms with Crippen molar-refractivity contribution in [2.45, 2.75) is 19.8 Å². The Morgan fingerprint density at radius 1 is 1.00 bits per heavy atom. The van der Waals surface area contributed by atoms with Crippen LogP contribution < -0.4 is 15.4 Å². The predicted octanol–water partition coefficient (Wildman–Crippen LogP) is 4.22. The number of nitrogens with zero attached hydrogens (tertiary/aromatic N) is 1. The molecule has 0 unspecified atom stereocenters. The summed E-state index contributed by atoms with van der Waals surface area (Å²) >= 11 is 0. The number of carbonyl (C=O) groups is 2. The molecule has 0 radical (unpaired) electrons. The molecule has 29 heavy (non-hydrogen) atoms. The van der Waals surface area contributed by atoms with Gasteiger partial charge in [0, 0.05) is 12.0 Å². The van der Waals surface area contributed by atoms with Gasteiger partial charge in [-0.05, 0) is 54.8 Å². The molecule has 3 rings (SSSR count). The number of benzene rings is 2. The number of aryl methyl sites for hydroxylation is 2. The summed E-state index contributed by atoms with van der Waals surface area (Å²) in [5, 5.41) is 5.64. The molecule has 0 saturated heterocycles. The SMILES string of the molecule is COc1ccc(C(=O)Nc2cc(C)c(NC(=O)CCc3ccccc3)cn2)cc1. The fourth-order valence-electron chi connectivity index (χ4n) is 2.80. The first kappa shape index (κ1) is 20.1. The Hall–Kier alpha value is -3.67. The smallest absolute Gasteiger partial charge is 0.256 e. The van der Waals surface area contributed by atoms with Gasteiger partial charge in [0.25, 0.3) is 5.91 Å². The second-order valence-electron chi connectivity index (χ2n) is 6.60. The summed E-state index contributed by atoms with van der Waals surface area (Å²) < 4.78 is 5.09. The Kier molecular flexibility index (Phi) is 6.58. The third-order valence-electron chi connectivity index (χ3n) is 4.46. The molecule has 0 fully saturated rings. The lowest BCUT2D eigenvalue weighted by Gasteiger charge is -2.11. The van der Waals surface area contributed by atoms with E-state index in [1.165, 1.54) is 0 Å². The van der Waals surface area contributed by atoms with Gasteiger partial charge in [-0.1, -0.05) is 30.3 Å². The molecule has 6 nitrogen and oxygen atoms in total. The molecule has 3 aromatic rings. The van der Waals surface area contributed by atoms with Crippen LogP contribution in [0.4, 0.5) is 11.5 Å². The highest BCUT2D eigenvalue weighted by Crippen LogP contribution is 2.19. The molecular formula is C23H23N3O3. The van der Waals surface area contributed by atoms with E-state index in [1.807, 2.05) is 37.3 Å². The number of hydrogen-bond donors (Lipinski definition) is 2. The van der Waals surface area contributed by atoms with Gasteiger partial charge in [0.2, 0.25) is 5.91 Å². The van der Waals surface area contributed by atoms with Crippen molar-refractivity contribution in [1.82, 2.24) is 4.98 Å². The van der Waals surface area contributed by atoms with Crippen molar-refractivity contribution in [3.63, 3.8) is 0 Å². The third-order valence-corrected chi connectivity index (χ3v) is 4.46. The monoisotopic (exact) mass is 389 g/mol. The number of aromatic nitrogens is 1. The lowest BCUT2D eigenvalue weighted by molar-refractivity contribution is -0.116. The van der Waals surface area contributed by atoms with Gasteiger partial charge in [-0.3, -0.25) is 9.59 Å². The van der Waals surface area contributed by atoms with E-state index in [9.17, 15) is 9.59 Å². The van der Waals surface area contributed by atoms with E-state index < -0.39 is 0 Å². The number of carbonyl (C=O) groups excluding carboxylic acids is 2. The quantitative estimate of drug-likeness (QED) is 0.634. The van der Waals surface area contributed by atoms with E-state index in [-0.39, 0.29) is 11.8 Å². The van der Waals surface area contributed by atoms with Crippen LogP contribution >= 0.6 is 0 Å². The molecule has 1 heterocycles. The molecule has 148 valence electrons. The van der Waals surface area contributed by atoms with Crippen molar-refractivity contribution in [1.29, 1.82) is 0 Å². The van der Waals surface area contributed by atoms with E-state index in [1.54, 1.807) is 43.6 Å². The summed E-state index contributed by atoms with van der Waals surface area (Å²) in [6, 6.07) is 18.4. The Morgan fingerprint density at radius 3 is 2.38 bits per heavy atom. The Labute approximate surface area is 169 Å². The van der Waals surface area contributed by atoms with Gasteiger partial charge < -0.3 is 15.4 Å². The largest absolute Gasteiger partial charge is 0.497 e. The van der Waals surface area contributed by atoms with E-state index in [4.69, 9.17) is 4.74 Å². The van der Waals surface area contributed by atoms with Crippen LogP contribution in [0.2, 0.25) is 0 Å². The van der Waals surface area contributed by atoms with Crippen LogP contribution in [0.15, 0.2) is 66.9 Å². The third kappa shape index (κ3) is 5.65. The average molecular weight is 389 g/mol. The number of amides is 2. The summed E-state index contributed by atoms with van der Waals surface area (Å²) in [7, 11) is 1.57. The van der Waals surface area contributed by atoms with Gasteiger partial charge in [-0.15, -0.1) is 0 Å². The van der Waals surface area contributed by atoms with Crippen molar-refractivity contribution in [2.24, 2.45) is 0 Å². The zero-order valence-electron chi connectivity index (χ0n) is 16.4. The molecule has 0 saturated carbocycles. The molecule has 0 spiro atoms. The zero-order valence-corrected chi connectivity index (χ0v) is 16.4. The van der Waals surface area contributed by atoms with Crippen LogP contribution in [0.5, 0.6) is 5.75 Å². The van der Waals surface area contributed by atoms with Gasteiger partial charge >= 0.3 is 0 Å². The highest BCUT2D eigenvalue weighted by atomic mass is 16.5. The van der Waals surface area contributed by atoms with Gasteiger partial charge in [0.1, 0.15) is 11.6 Å². The van der Waals surface area contributed by atoms with Crippen molar-refractivity contribution >= 4 is 23.3 Å². The summed E-state index contributed by atoms with van der Waals surface area (Å²) in [4.78, 5) is 28.8. The normalized spacial score (nSPS) is 10.3. The lowest BCUT2D eigenvalue weighted by Crippen LogP contribution is -2.15. The fraction of sp³-hybridized carbons (Fsp3) is 0.174. The fourth-order valence-corrected chi connectivity index (χ4v) is 2.80. The minimum Gasteiger partial charge on any atom is -0.497 e. The second kappa shape index (κ2) is 9.50. The first-order valence-electron chi connectivity index (χ1n) is 9.31. The van der Waals surface area contributed by atoms with Crippen LogP contribution in [0, 0.1) is 6.92 Å². The number of nitrogens with one attached hydrogen (secondary N) is 2. The molecule has 6 heteroatoms. The number of pyridine rings is 1. The maximum absolute atomic E-state index is 12.3. The standard InChI is InChI=1S/C23H23N3O3/c1-16-14-21(26-23(28)18-9-11-19(29-2)12-10-18)24-15-20(16)25-22(27)13-8-17-6-4-3-5-7-17/h3-7,9-12,14-15H,8,13H2,1-2H3,(H,25,27)(H,24,26,28). The van der Waals surface area contributed by atoms with Crippen LogP contribution in [-0.4, -0.2) is 23.9 Å². The lowest BCUT2D eigenvalue weighted by atomic mass is 10.1. The highest BCUT2D eigenvalue weighted by molar-refractivity contribution is 6.04. The summed E-state index contributed by atoms with van der Waals surface area (Å²) in [6.07, 6.45) is 2.62. The number of hydrogen-bond acceptors (Lipinski definition) is 4. The minimum absolute atomic E-state index is 0.0752. The minimum atomic E-state index is -0.265. The summed E-state index contributed by atoms with van der Waals surface area (Å²) in [5.74, 6) is 0.765. The number of methoxy groups -OCH3 is 1. The summed E-state index contributed by atoms with van der Waals surface area (Å²) in [6.45, 7) is 1.86. The molecule has 1 aromatic heterocycles. The van der Waals surface area contributed by atoms with Crippen molar-refractivity contribution in [2.75, 3.05) is 17.7 Å². The van der Waals surface area contributed by atoms with Crippen LogP contribution in [-0.2, 0) is 11.2 Å². The number of ether oxygens (including phenoxy) is 1. The molecular weight excluding hydrogens is 366 g/mol. The molecule has 0 aliphatic heterocycles. The first-order valence-corrected chi connectivity index (χ1v) is 9.31. The van der Waals surface area contributed by atoms with Crippen LogP contribution in [0.1, 0.15) is 27.9 Å². The molecule has 2 amide bonds. The first-order chi connectivity index (χ1) is 14.0. The maximum atomic E-state index is 12.3. The van der Waals surface area contributed by atoms with Gasteiger partial charge in [-0.25, -0.2) is 4.98 Å². The van der Waals surface area contributed by atoms with E-state index in [0.29, 0.717) is 35.7 Å². The van der Waals surface area contributed by atoms with Gasteiger partial charge in [0.15, 0.2) is 0 Å². The van der Waals surface area contributed by atoms with Gasteiger partial charge in [0.05, 0.1) is 19.0 Å². The Bertz CT molecular complexity index is 986. The van der Waals surface area contributed by atoms with E-state index in [2.05, 4.69) is 15.6 Å². The van der Waals surface area contributed by atoms with E-state index >= 15 is 0 Å². The highest BCUT2D eigenvalue weighted by Gasteiger charge is 2.10. The molecule has 0 aliphatic rings. The van der Waals surface area contributed by atoms with E-state index in [0.717, 1.165) is 11.1 Å². The molecule has 2 aromatic carbocycles. The topological polar surface area (TPSA) is 80.3 Å². The predicted molar refractivity (Wildman–Crippen MR) is 113 cm³/mol. The maximum Gasteiger partial charge on any atom is 0.256 e. The Morgan fingerprint density at radius 2 is 1.72 bits per heavy atom. The van der Waals surface area contributed by atoms with Gasteiger partial charge in [-0.2, -0.15) is 0 Å². The van der Waals surface area contributed by atoms with Crippen molar-refractivity contribution in [3.05, 3.63) is 83.6 Å². The average Bonchev–Trinajstić information content (AvgIpc) is 2.75.